The molecule has 1 saturated carbocycles. The maximum absolute atomic E-state index is 12.4. The van der Waals surface area contributed by atoms with E-state index in [1.807, 2.05) is 11.1 Å². The Hall–Kier alpha value is -0.891. The minimum absolute atomic E-state index is 0.0687. The number of carbonyl (C=O) groups excluding carboxylic acids is 1. The van der Waals surface area contributed by atoms with E-state index in [9.17, 15) is 9.90 Å². The molecule has 7 heteroatoms. The first kappa shape index (κ1) is 16.9. The van der Waals surface area contributed by atoms with Crippen LogP contribution in [-0.2, 0) is 4.79 Å². The second kappa shape index (κ2) is 6.55. The molecule has 6 nitrogen and oxygen atoms in total. The normalized spacial score (nSPS) is 25.0. The van der Waals surface area contributed by atoms with Gasteiger partial charge in [0.2, 0.25) is 0 Å². The van der Waals surface area contributed by atoms with Crippen LogP contribution < -0.4 is 13.9 Å². The molecular formula is C16H26N4O2Sn. The fourth-order valence-corrected chi connectivity index (χ4v) is 5.75. The van der Waals surface area contributed by atoms with Crippen LogP contribution in [0.2, 0.25) is 14.8 Å². The molecule has 1 fully saturated rings. The first-order valence-corrected chi connectivity index (χ1v) is 18.4. The van der Waals surface area contributed by atoms with Crippen LogP contribution in [0.1, 0.15) is 25.7 Å². The van der Waals surface area contributed by atoms with Crippen LogP contribution in [0.5, 0.6) is 0 Å². The van der Waals surface area contributed by atoms with Crippen molar-refractivity contribution in [3.05, 3.63) is 6.20 Å². The van der Waals surface area contributed by atoms with Gasteiger partial charge in [-0.1, -0.05) is 0 Å². The van der Waals surface area contributed by atoms with E-state index >= 15 is 0 Å². The van der Waals surface area contributed by atoms with E-state index in [0.717, 1.165) is 35.2 Å². The summed E-state index contributed by atoms with van der Waals surface area (Å²) >= 11 is -2.33. The zero-order valence-electron chi connectivity index (χ0n) is 14.2. The Morgan fingerprint density at radius 3 is 2.65 bits per heavy atom. The Kier molecular flexibility index (Phi) is 4.82. The van der Waals surface area contributed by atoms with Crippen LogP contribution in [0.25, 0.3) is 0 Å². The molecule has 0 spiro atoms. The molecule has 0 radical (unpaired) electrons. The third-order valence-electron chi connectivity index (χ3n) is 4.74. The topological polar surface area (TPSA) is 78.3 Å². The Morgan fingerprint density at radius 2 is 2.00 bits per heavy atom. The van der Waals surface area contributed by atoms with Crippen molar-refractivity contribution in [1.82, 2.24) is 9.97 Å². The zero-order chi connectivity index (χ0) is 16.6. The van der Waals surface area contributed by atoms with Crippen molar-refractivity contribution in [3.63, 3.8) is 0 Å². The fraction of sp³-hybridized carbons (Fsp3) is 0.688. The van der Waals surface area contributed by atoms with Gasteiger partial charge in [-0.15, -0.1) is 0 Å². The van der Waals surface area contributed by atoms with Gasteiger partial charge in [-0.25, -0.2) is 0 Å². The van der Waals surface area contributed by atoms with Gasteiger partial charge >= 0.3 is 142 Å². The molecule has 1 amide bonds. The van der Waals surface area contributed by atoms with Crippen LogP contribution in [-0.4, -0.2) is 58.6 Å². The van der Waals surface area contributed by atoms with Gasteiger partial charge in [0, 0.05) is 0 Å². The molecule has 0 aromatic carbocycles. The first-order valence-electron chi connectivity index (χ1n) is 8.44. The summed E-state index contributed by atoms with van der Waals surface area (Å²) in [6.45, 7) is 0.979. The summed E-state index contributed by atoms with van der Waals surface area (Å²) in [6, 6.07) is 0. The number of hydrogen-bond acceptors (Lipinski definition) is 5. The van der Waals surface area contributed by atoms with Crippen molar-refractivity contribution in [2.24, 2.45) is 5.92 Å². The summed E-state index contributed by atoms with van der Waals surface area (Å²) in [5.41, 5.74) is 0. The van der Waals surface area contributed by atoms with Gasteiger partial charge in [0.25, 0.3) is 0 Å². The van der Waals surface area contributed by atoms with E-state index < -0.39 is 18.4 Å². The summed E-state index contributed by atoms with van der Waals surface area (Å²) in [5.74, 6) is 1.94. The molecule has 126 valence electrons. The number of aliphatic hydroxyl groups excluding tert-OH is 1. The molecule has 2 N–H and O–H groups in total. The van der Waals surface area contributed by atoms with Crippen LogP contribution >= 0.6 is 0 Å². The number of fused-ring (bicyclic) bond motifs is 1. The molecule has 1 aliphatic heterocycles. The second-order valence-corrected chi connectivity index (χ2v) is 22.0. The number of rotatable bonds is 3. The predicted molar refractivity (Wildman–Crippen MR) is 93.8 cm³/mol. The Labute approximate surface area is 141 Å². The fourth-order valence-electron chi connectivity index (χ4n) is 3.20. The summed E-state index contributed by atoms with van der Waals surface area (Å²) in [6.07, 6.45) is 5.33. The summed E-state index contributed by atoms with van der Waals surface area (Å²) < 4.78 is 1.10. The van der Waals surface area contributed by atoms with E-state index in [1.165, 1.54) is 0 Å². The number of nitrogens with one attached hydrogen (secondary N) is 1. The van der Waals surface area contributed by atoms with E-state index in [1.54, 1.807) is 0 Å². The Balaban J connectivity index is 1.85. The van der Waals surface area contributed by atoms with Crippen molar-refractivity contribution >= 4 is 39.6 Å². The van der Waals surface area contributed by atoms with E-state index in [4.69, 9.17) is 4.98 Å². The van der Waals surface area contributed by atoms with Crippen LogP contribution in [0.3, 0.4) is 0 Å². The summed E-state index contributed by atoms with van der Waals surface area (Å²) in [4.78, 5) is 30.5. The number of aromatic nitrogens is 2. The quantitative estimate of drug-likeness (QED) is 0.715. The molecule has 0 bridgehead atoms. The van der Waals surface area contributed by atoms with Crippen LogP contribution in [0, 0.1) is 5.92 Å². The van der Waals surface area contributed by atoms with Crippen molar-refractivity contribution in [2.45, 2.75) is 46.6 Å². The molecule has 3 rings (SSSR count). The van der Waals surface area contributed by atoms with Gasteiger partial charge in [-0.05, 0) is 0 Å². The SMILES string of the molecule is [CH3][Sn]([CH3])([CH3])[c]1cnc2c(n1)N(CC1CCC(O)CC1)C(=O)CN2. The molecule has 2 aliphatic rings. The Bertz CT molecular complexity index is 594. The number of nitrogens with zero attached hydrogens (tertiary/aromatic N) is 3. The maximum atomic E-state index is 12.4. The molecule has 1 aromatic rings. The third-order valence-corrected chi connectivity index (χ3v) is 9.82. The number of aliphatic hydroxyl groups is 1. The second-order valence-electron chi connectivity index (χ2n) is 7.71. The van der Waals surface area contributed by atoms with Crippen molar-refractivity contribution < 1.29 is 9.90 Å². The first-order chi connectivity index (χ1) is 10.8. The number of hydrogen-bond donors (Lipinski definition) is 2. The number of carbonyl (C=O) groups is 1. The van der Waals surface area contributed by atoms with Gasteiger partial charge in [-0.3, -0.25) is 0 Å². The molecule has 2 heterocycles. The Morgan fingerprint density at radius 1 is 1.30 bits per heavy atom. The monoisotopic (exact) mass is 426 g/mol. The molecule has 1 aliphatic carbocycles. The molecule has 0 saturated heterocycles. The molecule has 23 heavy (non-hydrogen) atoms. The molecule has 0 unspecified atom stereocenters. The standard InChI is InChI=1S/C13H17N4O2.3CH3.Sn/c18-10-3-1-9(2-4-10)8-17-11(19)7-16-12-13(17)15-6-5-14-12;;;;/h5,9-10,18H,1-4,7-8H2,(H,14,16);3*1H3;. The van der Waals surface area contributed by atoms with Gasteiger partial charge in [0.1, 0.15) is 0 Å². The van der Waals surface area contributed by atoms with Gasteiger partial charge < -0.3 is 0 Å². The van der Waals surface area contributed by atoms with E-state index in [-0.39, 0.29) is 18.6 Å². The summed E-state index contributed by atoms with van der Waals surface area (Å²) in [5, 5.41) is 12.7. The van der Waals surface area contributed by atoms with Gasteiger partial charge in [0.05, 0.1) is 0 Å². The van der Waals surface area contributed by atoms with Crippen molar-refractivity contribution in [3.8, 4) is 0 Å². The molecular weight excluding hydrogens is 399 g/mol. The van der Waals surface area contributed by atoms with E-state index in [0.29, 0.717) is 18.3 Å². The predicted octanol–water partition coefficient (Wildman–Crippen LogP) is 1.33. The third kappa shape index (κ3) is 3.79. The van der Waals surface area contributed by atoms with Crippen molar-refractivity contribution in [2.75, 3.05) is 23.3 Å². The summed E-state index contributed by atoms with van der Waals surface area (Å²) in [7, 11) is 0. The van der Waals surface area contributed by atoms with Crippen molar-refractivity contribution in [1.29, 1.82) is 0 Å². The van der Waals surface area contributed by atoms with Gasteiger partial charge in [-0.2, -0.15) is 0 Å². The average molecular weight is 425 g/mol. The van der Waals surface area contributed by atoms with Gasteiger partial charge in [0.15, 0.2) is 0 Å². The van der Waals surface area contributed by atoms with Crippen LogP contribution in [0.4, 0.5) is 11.6 Å². The minimum atomic E-state index is -2.33. The number of anilines is 2. The average Bonchev–Trinajstić information content (AvgIpc) is 2.51. The molecule has 0 atom stereocenters. The zero-order valence-corrected chi connectivity index (χ0v) is 17.0. The molecule has 1 aromatic heterocycles. The van der Waals surface area contributed by atoms with E-state index in [2.05, 4.69) is 25.1 Å². The van der Waals surface area contributed by atoms with Crippen LogP contribution in [0.15, 0.2) is 6.20 Å². The number of amides is 1.